The zero-order valence-corrected chi connectivity index (χ0v) is 19.7. The molecule has 5 heteroatoms. The van der Waals surface area contributed by atoms with Crippen LogP contribution in [-0.4, -0.2) is 15.6 Å². The molecule has 128 valence electrons. The SMILES string of the molecule is CCC(C)[NH-].C[Si]C.[Cl-].[Cl-].[Zr+4].c1ccc2c(c1)[cH-]c1ccccc12. The van der Waals surface area contributed by atoms with Gasteiger partial charge in [-0.05, 0) is 0 Å². The Kier molecular flexibility index (Phi) is 19.7. The van der Waals surface area contributed by atoms with Crippen molar-refractivity contribution in [3.05, 3.63) is 60.3 Å². The molecule has 0 fully saturated rings. The minimum absolute atomic E-state index is 0. The van der Waals surface area contributed by atoms with Gasteiger partial charge in [0.2, 0.25) is 0 Å². The number of hydrogen-bond donors (Lipinski definition) is 0. The maximum atomic E-state index is 6.83. The average molecular weight is 458 g/mol. The zero-order chi connectivity index (χ0) is 15.7. The van der Waals surface area contributed by atoms with Gasteiger partial charge in [0.05, 0.1) is 0 Å². The molecule has 1 nitrogen and oxygen atoms in total. The number of hydrogen-bond acceptors (Lipinski definition) is 0. The van der Waals surface area contributed by atoms with Crippen LogP contribution in [0.25, 0.3) is 27.3 Å². The maximum absolute atomic E-state index is 6.83. The number of fused-ring (bicyclic) bond motifs is 3. The fourth-order valence-corrected chi connectivity index (χ4v) is 1.90. The normalized spacial score (nSPS) is 9.88. The Hall–Kier alpha value is -0.0500. The standard InChI is InChI=1S/C13H9.C4H10N.C2H6Si.2ClH.Zr/c1-3-7-12-10(5-1)9-11-6-2-4-8-13(11)12;1-3-4(2)5;1-3-2;;;/h1-9H;4-5H,3H2,1-2H3;1-2H3;2*1H;/q2*-1;;;;+4/p-2. The minimum atomic E-state index is 0. The van der Waals surface area contributed by atoms with Crippen LogP contribution >= 0.6 is 0 Å². The molecule has 3 rings (SSSR count). The first kappa shape index (κ1) is 28.7. The molecule has 0 heterocycles. The van der Waals surface area contributed by atoms with Crippen molar-refractivity contribution in [3.8, 4) is 0 Å². The fraction of sp³-hybridized carbons (Fsp3) is 0.316. The summed E-state index contributed by atoms with van der Waals surface area (Å²) in [5, 5.41) is 5.39. The van der Waals surface area contributed by atoms with E-state index in [-0.39, 0.29) is 57.1 Å². The average Bonchev–Trinajstić information content (AvgIpc) is 2.87. The summed E-state index contributed by atoms with van der Waals surface area (Å²) in [6, 6.07) is 19.4. The predicted molar refractivity (Wildman–Crippen MR) is 98.6 cm³/mol. The Bertz CT molecular complexity index is 605. The molecule has 0 bridgehead atoms. The number of nitrogens with one attached hydrogen (secondary N) is 1. The fourth-order valence-electron chi connectivity index (χ4n) is 1.90. The summed E-state index contributed by atoms with van der Waals surface area (Å²) in [5.74, 6) is 0. The van der Waals surface area contributed by atoms with E-state index in [1.807, 2.05) is 13.8 Å². The first-order valence-corrected chi connectivity index (χ1v) is 9.46. The summed E-state index contributed by atoms with van der Waals surface area (Å²) in [6.45, 7) is 8.21. The molecular formula is C19H25Cl2NSiZr. The molecule has 0 saturated carbocycles. The van der Waals surface area contributed by atoms with Crippen LogP contribution in [0.3, 0.4) is 0 Å². The smallest absolute Gasteiger partial charge is 1.00 e. The summed E-state index contributed by atoms with van der Waals surface area (Å²) < 4.78 is 0. The van der Waals surface area contributed by atoms with Crippen LogP contribution in [0.5, 0.6) is 0 Å². The number of rotatable bonds is 1. The monoisotopic (exact) mass is 455 g/mol. The van der Waals surface area contributed by atoms with Crippen molar-refractivity contribution >= 4 is 31.1 Å². The van der Waals surface area contributed by atoms with Crippen molar-refractivity contribution in [2.45, 2.75) is 39.4 Å². The van der Waals surface area contributed by atoms with Gasteiger partial charge in [0, 0.05) is 9.52 Å². The largest absolute Gasteiger partial charge is 4.00 e. The van der Waals surface area contributed by atoms with Gasteiger partial charge in [-0.15, -0.1) is 45.8 Å². The second-order valence-corrected chi connectivity index (χ2v) is 6.13. The van der Waals surface area contributed by atoms with Gasteiger partial charge >= 0.3 is 26.2 Å². The Morgan fingerprint density at radius 2 is 1.21 bits per heavy atom. The third kappa shape index (κ3) is 9.44. The quantitative estimate of drug-likeness (QED) is 0.372. The second-order valence-electron chi connectivity index (χ2n) is 5.13. The summed E-state index contributed by atoms with van der Waals surface area (Å²) >= 11 is 0. The first-order valence-electron chi connectivity index (χ1n) is 7.46. The van der Waals surface area contributed by atoms with Crippen LogP contribution in [0.2, 0.25) is 13.1 Å². The van der Waals surface area contributed by atoms with E-state index in [2.05, 4.69) is 67.7 Å². The third-order valence-corrected chi connectivity index (χ3v) is 3.14. The van der Waals surface area contributed by atoms with Crippen LogP contribution in [0, 0.1) is 0 Å². The molecule has 0 spiro atoms. The number of benzene rings is 2. The molecule has 1 N–H and O–H groups in total. The van der Waals surface area contributed by atoms with Crippen molar-refractivity contribution in [1.82, 2.24) is 0 Å². The van der Waals surface area contributed by atoms with E-state index in [1.165, 1.54) is 21.5 Å². The van der Waals surface area contributed by atoms with Gasteiger partial charge in [0.15, 0.2) is 0 Å². The molecule has 0 aliphatic heterocycles. The van der Waals surface area contributed by atoms with E-state index < -0.39 is 0 Å². The molecule has 0 aliphatic rings. The third-order valence-electron chi connectivity index (χ3n) is 3.14. The Labute approximate surface area is 180 Å². The van der Waals surface area contributed by atoms with Gasteiger partial charge in [0.1, 0.15) is 0 Å². The molecule has 0 aliphatic carbocycles. The molecule has 3 aromatic rings. The molecule has 0 saturated heterocycles. The molecule has 3 aromatic carbocycles. The van der Waals surface area contributed by atoms with Gasteiger partial charge in [-0.3, -0.25) is 0 Å². The molecule has 0 aromatic heterocycles. The molecule has 2 radical (unpaired) electrons. The van der Waals surface area contributed by atoms with E-state index in [4.69, 9.17) is 5.73 Å². The predicted octanol–water partition coefficient (Wildman–Crippen LogP) is 0.341. The topological polar surface area (TPSA) is 23.8 Å². The molecule has 24 heavy (non-hydrogen) atoms. The first-order chi connectivity index (χ1) is 10.1. The summed E-state index contributed by atoms with van der Waals surface area (Å²) in [4.78, 5) is 0. The molecule has 1 atom stereocenters. The van der Waals surface area contributed by atoms with E-state index in [0.29, 0.717) is 0 Å². The van der Waals surface area contributed by atoms with Gasteiger partial charge in [-0.1, -0.05) is 69.8 Å². The van der Waals surface area contributed by atoms with Crippen LogP contribution in [0.4, 0.5) is 0 Å². The van der Waals surface area contributed by atoms with E-state index >= 15 is 0 Å². The van der Waals surface area contributed by atoms with Crippen molar-refractivity contribution < 1.29 is 51.0 Å². The van der Waals surface area contributed by atoms with Crippen molar-refractivity contribution in [1.29, 1.82) is 0 Å². The summed E-state index contributed by atoms with van der Waals surface area (Å²) in [5.41, 5.74) is 6.83. The Morgan fingerprint density at radius 1 is 0.917 bits per heavy atom. The van der Waals surface area contributed by atoms with Crippen molar-refractivity contribution in [2.75, 3.05) is 0 Å². The minimum Gasteiger partial charge on any atom is -1.00 e. The van der Waals surface area contributed by atoms with Gasteiger partial charge < -0.3 is 30.5 Å². The van der Waals surface area contributed by atoms with Crippen LogP contribution < -0.4 is 24.8 Å². The van der Waals surface area contributed by atoms with Gasteiger partial charge in [-0.25, -0.2) is 0 Å². The summed E-state index contributed by atoms with van der Waals surface area (Å²) in [7, 11) is 1.08. The zero-order valence-electron chi connectivity index (χ0n) is 14.7. The molecular weight excluding hydrogens is 432 g/mol. The van der Waals surface area contributed by atoms with E-state index in [0.717, 1.165) is 15.9 Å². The molecule has 1 unspecified atom stereocenters. The number of halogens is 2. The van der Waals surface area contributed by atoms with Crippen LogP contribution in [0.1, 0.15) is 20.3 Å². The van der Waals surface area contributed by atoms with E-state index in [9.17, 15) is 0 Å². The van der Waals surface area contributed by atoms with Gasteiger partial charge in [0.25, 0.3) is 0 Å². The van der Waals surface area contributed by atoms with Crippen molar-refractivity contribution in [2.24, 2.45) is 0 Å². The van der Waals surface area contributed by atoms with Crippen LogP contribution in [0.15, 0.2) is 54.6 Å². The maximum Gasteiger partial charge on any atom is 4.00 e. The van der Waals surface area contributed by atoms with Crippen molar-refractivity contribution in [3.63, 3.8) is 0 Å². The summed E-state index contributed by atoms with van der Waals surface area (Å²) in [6.07, 6.45) is 0.972. The second kappa shape index (κ2) is 16.4. The van der Waals surface area contributed by atoms with Crippen LogP contribution in [-0.2, 0) is 26.2 Å². The molecule has 0 amide bonds. The van der Waals surface area contributed by atoms with Gasteiger partial charge in [-0.2, -0.15) is 0 Å². The van der Waals surface area contributed by atoms with E-state index in [1.54, 1.807) is 0 Å². The Morgan fingerprint density at radius 3 is 1.50 bits per heavy atom. The Balaban J connectivity index is -0.000000351.